The van der Waals surface area contributed by atoms with Crippen molar-refractivity contribution < 1.29 is 40.4 Å². The summed E-state index contributed by atoms with van der Waals surface area (Å²) < 4.78 is 73.1. The molecule has 172 valence electrons. The molecule has 1 aromatic carbocycles. The van der Waals surface area contributed by atoms with Crippen LogP contribution in [0.2, 0.25) is 0 Å². The molecule has 1 fully saturated rings. The lowest BCUT2D eigenvalue weighted by Crippen LogP contribution is -2.36. The fourth-order valence-electron chi connectivity index (χ4n) is 2.96. The molecule has 1 saturated heterocycles. The van der Waals surface area contributed by atoms with Crippen molar-refractivity contribution in [1.82, 2.24) is 4.98 Å². The minimum absolute atomic E-state index is 0.000848. The van der Waals surface area contributed by atoms with E-state index in [-0.39, 0.29) is 21.3 Å². The van der Waals surface area contributed by atoms with Crippen LogP contribution in [0.5, 0.6) is 5.75 Å². The first-order valence-electron chi connectivity index (χ1n) is 9.21. The van der Waals surface area contributed by atoms with Crippen molar-refractivity contribution in [3.63, 3.8) is 0 Å². The number of nitrogens with zero attached hydrogens (tertiary/aromatic N) is 2. The molecule has 0 amide bonds. The number of anilines is 1. The molecule has 1 aromatic heterocycles. The van der Waals surface area contributed by atoms with Crippen LogP contribution in [0.1, 0.15) is 44.4 Å². The number of rotatable bonds is 6. The number of fused-ring (bicyclic) bond motifs is 1. The highest BCUT2D eigenvalue weighted by Gasteiger charge is 2.49. The molecule has 8 nitrogen and oxygen atoms in total. The Morgan fingerprint density at radius 1 is 1.29 bits per heavy atom. The SMILES string of the molecule is Cc1cc2nc(N3CCC3)sc2c(OS(=O)(=O)C(F)(F)F)c1[C@H](OC(C)(C)C)C(=O)O. The molecular formula is C18H21F3N2O6S2. The summed E-state index contributed by atoms with van der Waals surface area (Å²) in [6.07, 6.45) is -0.843. The highest BCUT2D eigenvalue weighted by molar-refractivity contribution is 7.88. The van der Waals surface area contributed by atoms with Crippen molar-refractivity contribution in [1.29, 1.82) is 0 Å². The molecule has 1 atom stereocenters. The fraction of sp³-hybridized carbons (Fsp3) is 0.556. The summed E-state index contributed by atoms with van der Waals surface area (Å²) in [6.45, 7) is 7.54. The van der Waals surface area contributed by atoms with Gasteiger partial charge in [-0.15, -0.1) is 0 Å². The number of ether oxygens (including phenoxy) is 1. The zero-order chi connectivity index (χ0) is 23.4. The molecule has 1 N–H and O–H groups in total. The zero-order valence-electron chi connectivity index (χ0n) is 17.1. The molecule has 0 bridgehead atoms. The molecule has 1 aliphatic rings. The number of aryl methyl sites for hydroxylation is 1. The number of carbonyl (C=O) groups is 1. The average molecular weight is 483 g/mol. The monoisotopic (exact) mass is 482 g/mol. The minimum atomic E-state index is -6.07. The molecule has 2 aromatic rings. The van der Waals surface area contributed by atoms with Gasteiger partial charge in [-0.2, -0.15) is 21.6 Å². The van der Waals surface area contributed by atoms with Crippen molar-refractivity contribution >= 4 is 42.8 Å². The van der Waals surface area contributed by atoms with Gasteiger partial charge in [0.15, 0.2) is 17.0 Å². The van der Waals surface area contributed by atoms with Crippen LogP contribution in [0, 0.1) is 6.92 Å². The molecule has 0 saturated carbocycles. The molecular weight excluding hydrogens is 461 g/mol. The predicted octanol–water partition coefficient (Wildman–Crippen LogP) is 3.98. The van der Waals surface area contributed by atoms with E-state index in [1.54, 1.807) is 20.8 Å². The van der Waals surface area contributed by atoms with Crippen molar-refractivity contribution in [2.24, 2.45) is 0 Å². The highest BCUT2D eigenvalue weighted by atomic mass is 32.2. The first-order chi connectivity index (χ1) is 14.1. The Bertz CT molecular complexity index is 1120. The molecule has 2 heterocycles. The van der Waals surface area contributed by atoms with Gasteiger partial charge in [0.1, 0.15) is 4.70 Å². The van der Waals surface area contributed by atoms with Gasteiger partial charge in [0.2, 0.25) is 0 Å². The number of benzene rings is 1. The van der Waals surface area contributed by atoms with Crippen LogP contribution in [-0.2, 0) is 19.6 Å². The number of hydrogen-bond acceptors (Lipinski definition) is 8. The largest absolute Gasteiger partial charge is 0.534 e. The number of thiazole rings is 1. The quantitative estimate of drug-likeness (QED) is 0.487. The number of aliphatic carboxylic acids is 1. The van der Waals surface area contributed by atoms with Gasteiger partial charge in [0.05, 0.1) is 11.1 Å². The molecule has 1 aliphatic heterocycles. The Morgan fingerprint density at radius 3 is 2.35 bits per heavy atom. The summed E-state index contributed by atoms with van der Waals surface area (Å²) in [5.41, 5.74) is -6.62. The lowest BCUT2D eigenvalue weighted by molar-refractivity contribution is -0.160. The van der Waals surface area contributed by atoms with E-state index < -0.39 is 39.1 Å². The van der Waals surface area contributed by atoms with Gasteiger partial charge in [-0.25, -0.2) is 9.78 Å². The van der Waals surface area contributed by atoms with E-state index in [2.05, 4.69) is 9.17 Å². The van der Waals surface area contributed by atoms with Crippen LogP contribution in [0.15, 0.2) is 6.07 Å². The molecule has 3 rings (SSSR count). The van der Waals surface area contributed by atoms with E-state index in [1.165, 1.54) is 13.0 Å². The van der Waals surface area contributed by atoms with Gasteiger partial charge in [-0.1, -0.05) is 11.3 Å². The van der Waals surface area contributed by atoms with Gasteiger partial charge < -0.3 is 18.9 Å². The number of hydrogen-bond donors (Lipinski definition) is 1. The third-order valence-corrected chi connectivity index (χ3v) is 6.52. The van der Waals surface area contributed by atoms with E-state index in [4.69, 9.17) is 4.74 Å². The van der Waals surface area contributed by atoms with Gasteiger partial charge in [0, 0.05) is 18.7 Å². The number of alkyl halides is 3. The predicted molar refractivity (Wildman–Crippen MR) is 108 cm³/mol. The lowest BCUT2D eigenvalue weighted by Gasteiger charge is -2.30. The van der Waals surface area contributed by atoms with E-state index in [1.807, 2.05) is 4.90 Å². The Morgan fingerprint density at radius 2 is 1.90 bits per heavy atom. The van der Waals surface area contributed by atoms with Crippen molar-refractivity contribution in [2.75, 3.05) is 18.0 Å². The Balaban J connectivity index is 2.28. The number of aromatic nitrogens is 1. The highest BCUT2D eigenvalue weighted by Crippen LogP contribution is 2.45. The summed E-state index contributed by atoms with van der Waals surface area (Å²) in [7, 11) is -6.07. The van der Waals surface area contributed by atoms with Crippen molar-refractivity contribution in [3.8, 4) is 5.75 Å². The molecule has 0 spiro atoms. The second-order valence-corrected chi connectivity index (χ2v) is 10.6. The van der Waals surface area contributed by atoms with Crippen LogP contribution in [-0.4, -0.2) is 48.7 Å². The standard InChI is InChI=1S/C18H21F3N2O6S2/c1-9-8-10-14(30-16(22-10)23-6-5-7-23)12(29-31(26,27)18(19,20)21)11(9)13(15(24)25)28-17(2,3)4/h8,13H,5-7H2,1-4H3,(H,24,25)/t13-/m0/s1. The third-order valence-electron chi connectivity index (χ3n) is 4.43. The fourth-order valence-corrected chi connectivity index (χ4v) is 4.59. The van der Waals surface area contributed by atoms with E-state index in [9.17, 15) is 31.5 Å². The van der Waals surface area contributed by atoms with E-state index in [0.717, 1.165) is 17.8 Å². The molecule has 31 heavy (non-hydrogen) atoms. The normalized spacial score (nSPS) is 16.3. The summed E-state index contributed by atoms with van der Waals surface area (Å²) in [4.78, 5) is 18.2. The summed E-state index contributed by atoms with van der Waals surface area (Å²) in [6, 6.07) is 1.49. The molecule has 0 aliphatic carbocycles. The summed E-state index contributed by atoms with van der Waals surface area (Å²) >= 11 is 0.939. The first kappa shape index (κ1) is 23.5. The topological polar surface area (TPSA) is 106 Å². The third kappa shape index (κ3) is 4.72. The second kappa shape index (κ2) is 7.78. The van der Waals surface area contributed by atoms with Gasteiger partial charge >= 0.3 is 21.6 Å². The Kier molecular flexibility index (Phi) is 5.91. The maximum atomic E-state index is 13.1. The second-order valence-electron chi connectivity index (χ2n) is 8.05. The molecule has 0 radical (unpaired) electrons. The molecule has 0 unspecified atom stereocenters. The summed E-state index contributed by atoms with van der Waals surface area (Å²) in [5.74, 6) is -2.23. The Labute approximate surface area is 180 Å². The first-order valence-corrected chi connectivity index (χ1v) is 11.4. The minimum Gasteiger partial charge on any atom is -0.479 e. The summed E-state index contributed by atoms with van der Waals surface area (Å²) in [5, 5.41) is 10.2. The number of halogens is 3. The zero-order valence-corrected chi connectivity index (χ0v) is 18.7. The average Bonchev–Trinajstić information content (AvgIpc) is 2.92. The lowest BCUT2D eigenvalue weighted by atomic mass is 10.0. The van der Waals surface area contributed by atoms with Gasteiger partial charge in [-0.3, -0.25) is 0 Å². The molecule has 13 heteroatoms. The number of carboxylic acids is 1. The van der Waals surface area contributed by atoms with Crippen LogP contribution in [0.3, 0.4) is 0 Å². The maximum absolute atomic E-state index is 13.1. The van der Waals surface area contributed by atoms with Crippen molar-refractivity contribution in [3.05, 3.63) is 17.2 Å². The number of carboxylic acid groups (broad SMARTS) is 1. The smallest absolute Gasteiger partial charge is 0.479 e. The van der Waals surface area contributed by atoms with E-state index in [0.29, 0.717) is 18.2 Å². The van der Waals surface area contributed by atoms with Crippen molar-refractivity contribution in [2.45, 2.75) is 51.3 Å². The maximum Gasteiger partial charge on any atom is 0.534 e. The van der Waals surface area contributed by atoms with Crippen LogP contribution >= 0.6 is 11.3 Å². The van der Waals surface area contributed by atoms with Crippen LogP contribution in [0.4, 0.5) is 18.3 Å². The van der Waals surface area contributed by atoms with Gasteiger partial charge in [0.25, 0.3) is 0 Å². The Hall–Kier alpha value is -2.12. The van der Waals surface area contributed by atoms with Gasteiger partial charge in [-0.05, 0) is 45.7 Å². The van der Waals surface area contributed by atoms with Crippen LogP contribution in [0.25, 0.3) is 10.2 Å². The van der Waals surface area contributed by atoms with E-state index >= 15 is 0 Å². The van der Waals surface area contributed by atoms with Crippen LogP contribution < -0.4 is 9.08 Å².